The molecule has 2 N–H and O–H groups in total. The molecule has 166 valence electrons. The lowest BCUT2D eigenvalue weighted by Crippen LogP contribution is -2.42. The van der Waals surface area contributed by atoms with Crippen molar-refractivity contribution in [3.63, 3.8) is 0 Å². The van der Waals surface area contributed by atoms with Crippen molar-refractivity contribution >= 4 is 22.9 Å². The van der Waals surface area contributed by atoms with Gasteiger partial charge in [0.25, 0.3) is 0 Å². The summed E-state index contributed by atoms with van der Waals surface area (Å²) >= 11 is 1.86. The first-order chi connectivity index (χ1) is 15.2. The van der Waals surface area contributed by atoms with Gasteiger partial charge < -0.3 is 15.4 Å². The van der Waals surface area contributed by atoms with Crippen molar-refractivity contribution in [2.75, 3.05) is 45.9 Å². The number of nitrogens with one attached hydrogen (secondary N) is 2. The summed E-state index contributed by atoms with van der Waals surface area (Å²) in [7, 11) is 0. The molecule has 1 fully saturated rings. The van der Waals surface area contributed by atoms with E-state index in [1.165, 1.54) is 9.75 Å². The largest absolute Gasteiger partial charge is 0.379 e. The third kappa shape index (κ3) is 5.61. The minimum atomic E-state index is 0.276. The van der Waals surface area contributed by atoms with E-state index < -0.39 is 0 Å². The van der Waals surface area contributed by atoms with Gasteiger partial charge in [0.05, 0.1) is 25.8 Å². The number of fused-ring (bicyclic) bond motifs is 1. The molecule has 0 aromatic carbocycles. The zero-order valence-corrected chi connectivity index (χ0v) is 19.1. The molecule has 0 saturated carbocycles. The summed E-state index contributed by atoms with van der Waals surface area (Å²) in [5, 5.41) is 15.4. The van der Waals surface area contributed by atoms with Crippen LogP contribution >= 0.6 is 11.3 Å². The van der Waals surface area contributed by atoms with Crippen LogP contribution in [0.3, 0.4) is 0 Å². The predicted molar refractivity (Wildman–Crippen MR) is 125 cm³/mol. The van der Waals surface area contributed by atoms with Gasteiger partial charge in [0.1, 0.15) is 5.82 Å². The van der Waals surface area contributed by atoms with Crippen molar-refractivity contribution in [1.82, 2.24) is 30.1 Å². The molecule has 1 aliphatic rings. The van der Waals surface area contributed by atoms with Crippen molar-refractivity contribution in [3.8, 4) is 0 Å². The molecule has 1 unspecified atom stereocenters. The molecule has 31 heavy (non-hydrogen) atoms. The topological polar surface area (TPSA) is 79.1 Å². The molecule has 1 aliphatic heterocycles. The first-order valence-corrected chi connectivity index (χ1v) is 11.7. The molecule has 0 spiro atoms. The summed E-state index contributed by atoms with van der Waals surface area (Å²) < 4.78 is 7.59. The SMILES string of the molecule is CCNC(=NCC(c1ccc(C)s1)N1CCOCC1)NCCc1nnc2ccccn12. The van der Waals surface area contributed by atoms with Gasteiger partial charge >= 0.3 is 0 Å². The lowest BCUT2D eigenvalue weighted by molar-refractivity contribution is 0.0186. The Morgan fingerprint density at radius 3 is 2.84 bits per heavy atom. The number of rotatable bonds is 8. The second-order valence-corrected chi connectivity index (χ2v) is 8.87. The van der Waals surface area contributed by atoms with Crippen LogP contribution in [0.4, 0.5) is 0 Å². The number of ether oxygens (including phenoxy) is 1. The van der Waals surface area contributed by atoms with Crippen LogP contribution in [-0.4, -0.2) is 71.4 Å². The summed E-state index contributed by atoms with van der Waals surface area (Å²) in [5.74, 6) is 1.78. The highest BCUT2D eigenvalue weighted by Crippen LogP contribution is 2.28. The van der Waals surface area contributed by atoms with E-state index in [2.05, 4.69) is 51.7 Å². The van der Waals surface area contributed by atoms with Gasteiger partial charge in [0.15, 0.2) is 11.6 Å². The molecule has 4 rings (SSSR count). The van der Waals surface area contributed by atoms with Crippen molar-refractivity contribution in [2.24, 2.45) is 4.99 Å². The zero-order valence-electron chi connectivity index (χ0n) is 18.3. The normalized spacial score (nSPS) is 16.5. The maximum Gasteiger partial charge on any atom is 0.191 e. The Bertz CT molecular complexity index is 993. The number of morpholine rings is 1. The van der Waals surface area contributed by atoms with Gasteiger partial charge in [-0.05, 0) is 38.1 Å². The minimum absolute atomic E-state index is 0.276. The Kier molecular flexibility index (Phi) is 7.50. The molecule has 4 heterocycles. The number of hydrogen-bond acceptors (Lipinski definition) is 6. The molecule has 0 amide bonds. The number of aliphatic imine (C=N–C) groups is 1. The van der Waals surface area contributed by atoms with Gasteiger partial charge in [-0.3, -0.25) is 14.3 Å². The van der Waals surface area contributed by atoms with E-state index in [1.54, 1.807) is 0 Å². The second-order valence-electron chi connectivity index (χ2n) is 7.55. The maximum atomic E-state index is 5.56. The fraction of sp³-hybridized carbons (Fsp3) is 0.500. The smallest absolute Gasteiger partial charge is 0.191 e. The van der Waals surface area contributed by atoms with Crippen LogP contribution in [0.1, 0.15) is 28.5 Å². The third-order valence-electron chi connectivity index (χ3n) is 5.37. The van der Waals surface area contributed by atoms with E-state index in [-0.39, 0.29) is 6.04 Å². The van der Waals surface area contributed by atoms with Crippen molar-refractivity contribution in [2.45, 2.75) is 26.3 Å². The lowest BCUT2D eigenvalue weighted by atomic mass is 10.2. The number of pyridine rings is 1. The van der Waals surface area contributed by atoms with Crippen molar-refractivity contribution in [1.29, 1.82) is 0 Å². The van der Waals surface area contributed by atoms with E-state index in [9.17, 15) is 0 Å². The average Bonchev–Trinajstić information content (AvgIpc) is 3.41. The molecule has 3 aromatic rings. The number of aromatic nitrogens is 3. The molecule has 8 nitrogen and oxygen atoms in total. The second kappa shape index (κ2) is 10.7. The average molecular weight is 442 g/mol. The summed E-state index contributed by atoms with van der Waals surface area (Å²) in [6.45, 7) is 9.98. The molecule has 0 radical (unpaired) electrons. The molecular weight excluding hydrogens is 410 g/mol. The predicted octanol–water partition coefficient (Wildman–Crippen LogP) is 2.27. The minimum Gasteiger partial charge on any atom is -0.379 e. The number of hydrogen-bond donors (Lipinski definition) is 2. The summed E-state index contributed by atoms with van der Waals surface area (Å²) in [5.41, 5.74) is 0.873. The van der Waals surface area contributed by atoms with Crippen LogP contribution in [0.15, 0.2) is 41.5 Å². The molecule has 1 atom stereocenters. The third-order valence-corrected chi connectivity index (χ3v) is 6.47. The fourth-order valence-corrected chi connectivity index (χ4v) is 4.78. The summed E-state index contributed by atoms with van der Waals surface area (Å²) in [4.78, 5) is 10.1. The summed E-state index contributed by atoms with van der Waals surface area (Å²) in [6.07, 6.45) is 2.77. The zero-order chi connectivity index (χ0) is 21.5. The van der Waals surface area contributed by atoms with Gasteiger partial charge in [0.2, 0.25) is 0 Å². The lowest BCUT2D eigenvalue weighted by Gasteiger charge is -2.33. The monoisotopic (exact) mass is 441 g/mol. The van der Waals surface area contributed by atoms with Gasteiger partial charge in [-0.15, -0.1) is 21.5 Å². The molecule has 0 aliphatic carbocycles. The van der Waals surface area contributed by atoms with Crippen LogP contribution in [0.2, 0.25) is 0 Å². The van der Waals surface area contributed by atoms with Gasteiger partial charge in [-0.1, -0.05) is 6.07 Å². The van der Waals surface area contributed by atoms with Gasteiger partial charge in [-0.2, -0.15) is 0 Å². The summed E-state index contributed by atoms with van der Waals surface area (Å²) in [6, 6.07) is 10.7. The standard InChI is InChI=1S/C22H31N7OS/c1-3-23-22(24-10-9-21-27-26-20-6-4-5-11-29(20)21)25-16-18(19-8-7-17(2)31-19)28-12-14-30-15-13-28/h4-8,11,18H,3,9-10,12-16H2,1-2H3,(H2,23,24,25). The molecule has 0 bridgehead atoms. The van der Waals surface area contributed by atoms with E-state index in [0.717, 1.165) is 63.2 Å². The Balaban J connectivity index is 1.41. The number of nitrogens with zero attached hydrogens (tertiary/aromatic N) is 5. The number of guanidine groups is 1. The van der Waals surface area contributed by atoms with E-state index in [1.807, 2.05) is 40.1 Å². The highest BCUT2D eigenvalue weighted by atomic mass is 32.1. The molecular formula is C22H31N7OS. The van der Waals surface area contributed by atoms with Crippen LogP contribution in [0, 0.1) is 6.92 Å². The molecule has 1 saturated heterocycles. The first kappa shape index (κ1) is 21.7. The van der Waals surface area contributed by atoms with E-state index in [4.69, 9.17) is 9.73 Å². The van der Waals surface area contributed by atoms with Crippen molar-refractivity contribution in [3.05, 3.63) is 52.1 Å². The Hall–Kier alpha value is -2.49. The quantitative estimate of drug-likeness (QED) is 0.412. The molecule has 9 heteroatoms. The number of aryl methyl sites for hydroxylation is 1. The van der Waals surface area contributed by atoms with Crippen LogP contribution in [0.5, 0.6) is 0 Å². The van der Waals surface area contributed by atoms with Crippen LogP contribution < -0.4 is 10.6 Å². The van der Waals surface area contributed by atoms with Crippen molar-refractivity contribution < 1.29 is 4.74 Å². The Labute approximate surface area is 187 Å². The highest BCUT2D eigenvalue weighted by molar-refractivity contribution is 7.12. The van der Waals surface area contributed by atoms with Crippen LogP contribution in [-0.2, 0) is 11.2 Å². The van der Waals surface area contributed by atoms with E-state index >= 15 is 0 Å². The van der Waals surface area contributed by atoms with Gasteiger partial charge in [0, 0.05) is 48.6 Å². The fourth-order valence-electron chi connectivity index (χ4n) is 3.78. The number of thiophene rings is 1. The first-order valence-electron chi connectivity index (χ1n) is 10.9. The molecule has 3 aromatic heterocycles. The highest BCUT2D eigenvalue weighted by Gasteiger charge is 2.23. The maximum absolute atomic E-state index is 5.56. The Morgan fingerprint density at radius 2 is 2.06 bits per heavy atom. The van der Waals surface area contributed by atoms with Crippen LogP contribution in [0.25, 0.3) is 5.65 Å². The Morgan fingerprint density at radius 1 is 1.19 bits per heavy atom. The van der Waals surface area contributed by atoms with Gasteiger partial charge in [-0.25, -0.2) is 0 Å². The van der Waals surface area contributed by atoms with E-state index in [0.29, 0.717) is 6.54 Å².